The molecule has 2 N–H and O–H groups in total. The highest BCUT2D eigenvalue weighted by atomic mass is 35.5. The van der Waals surface area contributed by atoms with Crippen LogP contribution in [0.4, 0.5) is 23.7 Å². The van der Waals surface area contributed by atoms with Crippen LogP contribution >= 0.6 is 11.6 Å². The van der Waals surface area contributed by atoms with Crippen molar-refractivity contribution < 1.29 is 22.7 Å². The van der Waals surface area contributed by atoms with Crippen molar-refractivity contribution in [2.45, 2.75) is 33.5 Å². The van der Waals surface area contributed by atoms with Crippen molar-refractivity contribution in [3.63, 3.8) is 0 Å². The third-order valence-corrected chi connectivity index (χ3v) is 4.77. The van der Waals surface area contributed by atoms with E-state index in [2.05, 4.69) is 30.9 Å². The molecule has 2 amide bonds. The van der Waals surface area contributed by atoms with E-state index in [1.165, 1.54) is 13.2 Å². The molecule has 0 aliphatic heterocycles. The minimum Gasteiger partial charge on any atom is -0.477 e. The molecule has 3 aromatic heterocycles. The Morgan fingerprint density at radius 3 is 2.61 bits per heavy atom. The predicted octanol–water partition coefficient (Wildman–Crippen LogP) is 4.28. The molecule has 3 rings (SSSR count). The van der Waals surface area contributed by atoms with Crippen molar-refractivity contribution in [3.8, 4) is 17.1 Å². The number of pyridine rings is 1. The largest absolute Gasteiger partial charge is 0.477 e. The van der Waals surface area contributed by atoms with E-state index in [4.69, 9.17) is 16.3 Å². The van der Waals surface area contributed by atoms with Crippen LogP contribution in [0.2, 0.25) is 5.02 Å². The molecule has 0 spiro atoms. The SMILES string of the molecule is CCOc1nc(C)cc(NC(=O)NCc2cc(C)c(-c3cn(C)nc3C(F)(F)F)nn2)c1Cl. The summed E-state index contributed by atoms with van der Waals surface area (Å²) in [6.45, 7) is 5.47. The molecule has 33 heavy (non-hydrogen) atoms. The Bertz CT molecular complexity index is 1180. The minimum absolute atomic E-state index is 0.0148. The first kappa shape index (κ1) is 24.2. The van der Waals surface area contributed by atoms with E-state index in [9.17, 15) is 18.0 Å². The molecule has 0 bridgehead atoms. The van der Waals surface area contributed by atoms with E-state index >= 15 is 0 Å². The maximum absolute atomic E-state index is 13.3. The van der Waals surface area contributed by atoms with Crippen LogP contribution in [0.5, 0.6) is 5.88 Å². The summed E-state index contributed by atoms with van der Waals surface area (Å²) < 4.78 is 46.2. The van der Waals surface area contributed by atoms with E-state index in [0.29, 0.717) is 29.2 Å². The van der Waals surface area contributed by atoms with E-state index < -0.39 is 17.9 Å². The molecule has 0 saturated heterocycles. The average Bonchev–Trinajstić information content (AvgIpc) is 3.12. The van der Waals surface area contributed by atoms with Crippen LogP contribution in [0.1, 0.15) is 29.6 Å². The summed E-state index contributed by atoms with van der Waals surface area (Å²) >= 11 is 6.22. The molecule has 0 saturated carbocycles. The summed E-state index contributed by atoms with van der Waals surface area (Å²) in [4.78, 5) is 16.5. The van der Waals surface area contributed by atoms with Gasteiger partial charge in [0.25, 0.3) is 0 Å². The van der Waals surface area contributed by atoms with Crippen LogP contribution in [-0.4, -0.2) is 37.6 Å². The maximum Gasteiger partial charge on any atom is 0.435 e. The topological polar surface area (TPSA) is 107 Å². The quantitative estimate of drug-likeness (QED) is 0.542. The number of carbonyl (C=O) groups excluding carboxylic acids is 1. The number of aryl methyl sites for hydroxylation is 3. The third-order valence-electron chi connectivity index (χ3n) is 4.40. The molecule has 0 unspecified atom stereocenters. The lowest BCUT2D eigenvalue weighted by molar-refractivity contribution is -0.141. The summed E-state index contributed by atoms with van der Waals surface area (Å²) in [5.41, 5.74) is 0.586. The van der Waals surface area contributed by atoms with Gasteiger partial charge in [0.2, 0.25) is 5.88 Å². The third kappa shape index (κ3) is 5.69. The predicted molar refractivity (Wildman–Crippen MR) is 115 cm³/mol. The van der Waals surface area contributed by atoms with Crippen molar-refractivity contribution in [2.24, 2.45) is 7.05 Å². The van der Waals surface area contributed by atoms with Gasteiger partial charge in [-0.05, 0) is 38.5 Å². The Labute approximate surface area is 192 Å². The summed E-state index contributed by atoms with van der Waals surface area (Å²) in [5, 5.41) is 16.7. The Morgan fingerprint density at radius 1 is 1.24 bits per heavy atom. The number of aromatic nitrogens is 5. The fraction of sp³-hybridized carbons (Fsp3) is 0.350. The molecule has 9 nitrogen and oxygen atoms in total. The lowest BCUT2D eigenvalue weighted by Gasteiger charge is -2.13. The van der Waals surface area contributed by atoms with Gasteiger partial charge in [-0.1, -0.05) is 11.6 Å². The summed E-state index contributed by atoms with van der Waals surface area (Å²) in [6, 6.07) is 2.57. The zero-order chi connectivity index (χ0) is 24.3. The van der Waals surface area contributed by atoms with Gasteiger partial charge in [-0.25, -0.2) is 9.78 Å². The van der Waals surface area contributed by atoms with E-state index in [1.807, 2.05) is 0 Å². The Hall–Kier alpha value is -3.41. The van der Waals surface area contributed by atoms with Crippen molar-refractivity contribution in [3.05, 3.63) is 46.0 Å². The second kappa shape index (κ2) is 9.61. The number of hydrogen-bond acceptors (Lipinski definition) is 6. The molecule has 3 aromatic rings. The number of amides is 2. The Morgan fingerprint density at radius 2 is 1.97 bits per heavy atom. The number of ether oxygens (including phenoxy) is 1. The standard InChI is InChI=1S/C20H21ClF3N7O2/c1-5-33-18-15(21)14(7-11(3)26-18)27-19(32)25-8-12-6-10(2)16(29-28-12)13-9-31(4)30-17(13)20(22,23)24/h6-7,9H,5,8H2,1-4H3,(H2,25,26,27,32). The second-order valence-electron chi connectivity index (χ2n) is 7.10. The Kier molecular flexibility index (Phi) is 7.06. The van der Waals surface area contributed by atoms with Crippen LogP contribution in [-0.2, 0) is 19.8 Å². The molecule has 0 aromatic carbocycles. The van der Waals surface area contributed by atoms with Crippen LogP contribution in [0, 0.1) is 13.8 Å². The first-order valence-electron chi connectivity index (χ1n) is 9.78. The smallest absolute Gasteiger partial charge is 0.435 e. The van der Waals surface area contributed by atoms with Crippen LogP contribution in [0.25, 0.3) is 11.3 Å². The zero-order valence-corrected chi connectivity index (χ0v) is 19.0. The summed E-state index contributed by atoms with van der Waals surface area (Å²) in [7, 11) is 1.40. The van der Waals surface area contributed by atoms with Gasteiger partial charge >= 0.3 is 12.2 Å². The van der Waals surface area contributed by atoms with Gasteiger partial charge in [0, 0.05) is 18.9 Å². The highest BCUT2D eigenvalue weighted by Gasteiger charge is 2.38. The molecule has 0 fully saturated rings. The van der Waals surface area contributed by atoms with Crippen LogP contribution in [0.3, 0.4) is 0 Å². The maximum atomic E-state index is 13.3. The highest BCUT2D eigenvalue weighted by Crippen LogP contribution is 2.36. The molecule has 13 heteroatoms. The second-order valence-corrected chi connectivity index (χ2v) is 7.48. The van der Waals surface area contributed by atoms with Crippen molar-refractivity contribution in [1.82, 2.24) is 30.3 Å². The van der Waals surface area contributed by atoms with Gasteiger partial charge in [-0.2, -0.15) is 23.4 Å². The fourth-order valence-corrected chi connectivity index (χ4v) is 3.25. The molecular formula is C20H21ClF3N7O2. The number of urea groups is 1. The fourth-order valence-electron chi connectivity index (χ4n) is 3.05. The molecule has 176 valence electrons. The lowest BCUT2D eigenvalue weighted by atomic mass is 10.1. The molecule has 3 heterocycles. The summed E-state index contributed by atoms with van der Waals surface area (Å²) in [6.07, 6.45) is -3.39. The number of rotatable bonds is 6. The number of carbonyl (C=O) groups is 1. The number of halogens is 4. The van der Waals surface area contributed by atoms with Gasteiger partial charge in [0.05, 0.1) is 35.8 Å². The first-order chi connectivity index (χ1) is 15.5. The van der Waals surface area contributed by atoms with Crippen LogP contribution in [0.15, 0.2) is 18.3 Å². The number of nitrogens with zero attached hydrogens (tertiary/aromatic N) is 5. The molecular weight excluding hydrogens is 463 g/mol. The number of nitrogens with one attached hydrogen (secondary N) is 2. The zero-order valence-electron chi connectivity index (χ0n) is 18.2. The normalized spacial score (nSPS) is 11.4. The summed E-state index contributed by atoms with van der Waals surface area (Å²) in [5.74, 6) is 0.208. The van der Waals surface area contributed by atoms with Crippen molar-refractivity contribution in [2.75, 3.05) is 11.9 Å². The monoisotopic (exact) mass is 483 g/mol. The van der Waals surface area contributed by atoms with E-state index in [0.717, 1.165) is 4.68 Å². The molecule has 0 aliphatic rings. The van der Waals surface area contributed by atoms with E-state index in [1.54, 1.807) is 32.9 Å². The van der Waals surface area contributed by atoms with Crippen LogP contribution < -0.4 is 15.4 Å². The average molecular weight is 484 g/mol. The minimum atomic E-state index is -4.63. The number of hydrogen-bond donors (Lipinski definition) is 2. The number of anilines is 1. The van der Waals surface area contributed by atoms with Gasteiger partial charge in [-0.15, -0.1) is 5.10 Å². The molecule has 0 aliphatic carbocycles. The van der Waals surface area contributed by atoms with Crippen molar-refractivity contribution >= 4 is 23.3 Å². The lowest BCUT2D eigenvalue weighted by Crippen LogP contribution is -2.29. The van der Waals surface area contributed by atoms with E-state index in [-0.39, 0.29) is 28.7 Å². The van der Waals surface area contributed by atoms with Gasteiger partial charge < -0.3 is 15.4 Å². The number of alkyl halides is 3. The van der Waals surface area contributed by atoms with Gasteiger partial charge in [0.15, 0.2) is 5.69 Å². The first-order valence-corrected chi connectivity index (χ1v) is 10.2. The van der Waals surface area contributed by atoms with Gasteiger partial charge in [0.1, 0.15) is 5.02 Å². The van der Waals surface area contributed by atoms with Crippen molar-refractivity contribution in [1.29, 1.82) is 0 Å². The van der Waals surface area contributed by atoms with Gasteiger partial charge in [-0.3, -0.25) is 4.68 Å². The highest BCUT2D eigenvalue weighted by molar-refractivity contribution is 6.35. The molecule has 0 atom stereocenters. The molecule has 0 radical (unpaired) electrons. The Balaban J connectivity index is 1.72.